The van der Waals surface area contributed by atoms with E-state index in [0.717, 1.165) is 25.9 Å². The molecule has 0 saturated carbocycles. The second-order valence-corrected chi connectivity index (χ2v) is 4.80. The zero-order chi connectivity index (χ0) is 13.8. The summed E-state index contributed by atoms with van der Waals surface area (Å²) in [7, 11) is 0. The first-order valence-electron chi connectivity index (χ1n) is 7.25. The van der Waals surface area contributed by atoms with Crippen LogP contribution in [-0.4, -0.2) is 23.9 Å². The van der Waals surface area contributed by atoms with Crippen molar-refractivity contribution in [2.24, 2.45) is 0 Å². The van der Waals surface area contributed by atoms with Gasteiger partial charge < -0.3 is 4.90 Å². The number of amides is 1. The van der Waals surface area contributed by atoms with Crippen LogP contribution in [0, 0.1) is 0 Å². The van der Waals surface area contributed by atoms with Crippen molar-refractivity contribution in [2.75, 3.05) is 13.1 Å². The van der Waals surface area contributed by atoms with Crippen LogP contribution in [0.15, 0.2) is 24.8 Å². The van der Waals surface area contributed by atoms with Gasteiger partial charge in [-0.05, 0) is 19.3 Å². The molecule has 0 spiro atoms. The molecule has 0 rings (SSSR count). The second kappa shape index (κ2) is 11.1. The minimum atomic E-state index is 0.113. The van der Waals surface area contributed by atoms with Gasteiger partial charge in [0.25, 0.3) is 0 Å². The number of hydrogen-bond donors (Lipinski definition) is 0. The average Bonchev–Trinajstić information content (AvgIpc) is 2.37. The highest BCUT2D eigenvalue weighted by Gasteiger charge is 2.14. The Morgan fingerprint density at radius 3 is 1.94 bits per heavy atom. The molecular formula is C16H29NO. The third-order valence-corrected chi connectivity index (χ3v) is 3.04. The van der Waals surface area contributed by atoms with Gasteiger partial charge >= 0.3 is 0 Å². The molecule has 0 fully saturated rings. The van der Waals surface area contributed by atoms with Crippen molar-refractivity contribution in [2.45, 2.75) is 58.8 Å². The van der Waals surface area contributed by atoms with Crippen molar-refractivity contribution in [3.63, 3.8) is 0 Å². The van der Waals surface area contributed by atoms with Crippen molar-refractivity contribution >= 4 is 5.91 Å². The molecule has 0 bridgehead atoms. The Kier molecular flexibility index (Phi) is 10.4. The molecule has 0 aliphatic rings. The van der Waals surface area contributed by atoms with Gasteiger partial charge in [0.2, 0.25) is 5.91 Å². The zero-order valence-electron chi connectivity index (χ0n) is 12.2. The third-order valence-electron chi connectivity index (χ3n) is 3.04. The van der Waals surface area contributed by atoms with Crippen molar-refractivity contribution in [1.29, 1.82) is 0 Å². The summed E-state index contributed by atoms with van der Waals surface area (Å²) in [5.41, 5.74) is 0.665. The van der Waals surface area contributed by atoms with Crippen molar-refractivity contribution < 1.29 is 4.79 Å². The number of carbonyl (C=O) groups is 1. The summed E-state index contributed by atoms with van der Waals surface area (Å²) in [6.45, 7) is 13.6. The molecule has 0 aromatic carbocycles. The molecule has 0 aliphatic carbocycles. The van der Waals surface area contributed by atoms with Crippen LogP contribution in [0.3, 0.4) is 0 Å². The first-order chi connectivity index (χ1) is 8.67. The van der Waals surface area contributed by atoms with E-state index < -0.39 is 0 Å². The molecule has 2 nitrogen and oxygen atoms in total. The Morgan fingerprint density at radius 1 is 1.06 bits per heavy atom. The minimum absolute atomic E-state index is 0.113. The lowest BCUT2D eigenvalue weighted by Crippen LogP contribution is -2.33. The highest BCUT2D eigenvalue weighted by Crippen LogP contribution is 2.09. The topological polar surface area (TPSA) is 20.3 Å². The highest BCUT2D eigenvalue weighted by atomic mass is 16.2. The van der Waals surface area contributed by atoms with Gasteiger partial charge in [-0.3, -0.25) is 4.79 Å². The smallest absolute Gasteiger partial charge is 0.249 e. The van der Waals surface area contributed by atoms with Crippen LogP contribution in [-0.2, 0) is 4.79 Å². The molecule has 0 saturated heterocycles. The van der Waals surface area contributed by atoms with E-state index in [-0.39, 0.29) is 5.91 Å². The number of allylic oxidation sites excluding steroid dienone is 1. The molecule has 0 aromatic rings. The van der Waals surface area contributed by atoms with E-state index in [0.29, 0.717) is 12.0 Å². The number of nitrogens with zero attached hydrogens (tertiary/aromatic N) is 1. The highest BCUT2D eigenvalue weighted by molar-refractivity contribution is 5.93. The Bertz CT molecular complexity index is 248. The van der Waals surface area contributed by atoms with Gasteiger partial charge in [-0.2, -0.15) is 0 Å². The van der Waals surface area contributed by atoms with Crippen LogP contribution < -0.4 is 0 Å². The Morgan fingerprint density at radius 2 is 1.56 bits per heavy atom. The first kappa shape index (κ1) is 16.9. The molecular weight excluding hydrogens is 222 g/mol. The van der Waals surface area contributed by atoms with Crippen LogP contribution >= 0.6 is 0 Å². The van der Waals surface area contributed by atoms with Gasteiger partial charge in [-0.1, -0.05) is 52.2 Å². The molecule has 0 heterocycles. The van der Waals surface area contributed by atoms with Gasteiger partial charge in [0.1, 0.15) is 0 Å². The molecule has 1 amide bonds. The van der Waals surface area contributed by atoms with E-state index in [1.54, 1.807) is 6.08 Å². The summed E-state index contributed by atoms with van der Waals surface area (Å²) < 4.78 is 0. The van der Waals surface area contributed by atoms with E-state index in [4.69, 9.17) is 0 Å². The Labute approximate surface area is 113 Å². The SMILES string of the molecule is C=CCC(=C)C(=O)N(CCCCC)CCCCC. The van der Waals surface area contributed by atoms with Crippen molar-refractivity contribution in [3.05, 3.63) is 24.8 Å². The minimum Gasteiger partial charge on any atom is -0.339 e. The molecule has 0 N–H and O–H groups in total. The number of unbranched alkanes of at least 4 members (excludes halogenated alkanes) is 4. The van der Waals surface area contributed by atoms with Crippen molar-refractivity contribution in [1.82, 2.24) is 4.90 Å². The van der Waals surface area contributed by atoms with E-state index in [1.807, 2.05) is 4.90 Å². The van der Waals surface area contributed by atoms with E-state index in [2.05, 4.69) is 27.0 Å². The normalized spacial score (nSPS) is 10.1. The number of rotatable bonds is 11. The maximum Gasteiger partial charge on any atom is 0.249 e. The van der Waals surface area contributed by atoms with Gasteiger partial charge in [0.05, 0.1) is 0 Å². The third kappa shape index (κ3) is 7.31. The molecule has 0 aromatic heterocycles. The summed E-state index contributed by atoms with van der Waals surface area (Å²) >= 11 is 0. The largest absolute Gasteiger partial charge is 0.339 e. The number of hydrogen-bond acceptors (Lipinski definition) is 1. The summed E-state index contributed by atoms with van der Waals surface area (Å²) in [4.78, 5) is 14.2. The summed E-state index contributed by atoms with van der Waals surface area (Å²) in [5.74, 6) is 0.113. The lowest BCUT2D eigenvalue weighted by atomic mass is 10.1. The van der Waals surface area contributed by atoms with Crippen LogP contribution in [0.1, 0.15) is 58.8 Å². The summed E-state index contributed by atoms with van der Waals surface area (Å²) in [6.07, 6.45) is 9.27. The lowest BCUT2D eigenvalue weighted by molar-refractivity contribution is -0.127. The fraction of sp³-hybridized carbons (Fsp3) is 0.688. The fourth-order valence-corrected chi connectivity index (χ4v) is 1.91. The quantitative estimate of drug-likeness (QED) is 0.304. The Hall–Kier alpha value is -1.05. The second-order valence-electron chi connectivity index (χ2n) is 4.80. The predicted octanol–water partition coefficient (Wildman–Crippen LogP) is 4.33. The van der Waals surface area contributed by atoms with Gasteiger partial charge in [-0.25, -0.2) is 0 Å². The van der Waals surface area contributed by atoms with E-state index >= 15 is 0 Å². The lowest BCUT2D eigenvalue weighted by Gasteiger charge is -2.23. The molecule has 0 aliphatic heterocycles. The monoisotopic (exact) mass is 251 g/mol. The molecule has 0 radical (unpaired) electrons. The van der Waals surface area contributed by atoms with Gasteiger partial charge in [0.15, 0.2) is 0 Å². The summed E-state index contributed by atoms with van der Waals surface area (Å²) in [5, 5.41) is 0. The van der Waals surface area contributed by atoms with Gasteiger partial charge in [-0.15, -0.1) is 6.58 Å². The van der Waals surface area contributed by atoms with Crippen molar-refractivity contribution in [3.8, 4) is 0 Å². The maximum absolute atomic E-state index is 12.2. The predicted molar refractivity (Wildman–Crippen MR) is 79.6 cm³/mol. The zero-order valence-corrected chi connectivity index (χ0v) is 12.2. The summed E-state index contributed by atoms with van der Waals surface area (Å²) in [6, 6.07) is 0. The average molecular weight is 251 g/mol. The van der Waals surface area contributed by atoms with Crippen LogP contribution in [0.5, 0.6) is 0 Å². The van der Waals surface area contributed by atoms with Crippen LogP contribution in [0.25, 0.3) is 0 Å². The molecule has 0 atom stereocenters. The van der Waals surface area contributed by atoms with Crippen LogP contribution in [0.4, 0.5) is 0 Å². The maximum atomic E-state index is 12.2. The molecule has 104 valence electrons. The van der Waals surface area contributed by atoms with Gasteiger partial charge in [0, 0.05) is 18.7 Å². The fourth-order valence-electron chi connectivity index (χ4n) is 1.91. The molecule has 18 heavy (non-hydrogen) atoms. The Balaban J connectivity index is 4.28. The molecule has 2 heteroatoms. The van der Waals surface area contributed by atoms with E-state index in [9.17, 15) is 4.79 Å². The molecule has 0 unspecified atom stereocenters. The standard InChI is InChI=1S/C16H29NO/c1-5-8-10-13-17(14-11-9-6-2)16(18)15(4)12-7-3/h7H,3-6,8-14H2,1-2H3. The van der Waals surface area contributed by atoms with E-state index in [1.165, 1.54) is 25.7 Å². The first-order valence-corrected chi connectivity index (χ1v) is 7.25. The number of carbonyl (C=O) groups excluding carboxylic acids is 1. The van der Waals surface area contributed by atoms with Crippen LogP contribution in [0.2, 0.25) is 0 Å².